The van der Waals surface area contributed by atoms with Crippen LogP contribution < -0.4 is 10.6 Å². The Morgan fingerprint density at radius 1 is 1.13 bits per heavy atom. The van der Waals surface area contributed by atoms with Crippen molar-refractivity contribution in [1.29, 1.82) is 0 Å². The van der Waals surface area contributed by atoms with Gasteiger partial charge in [-0.1, -0.05) is 12.1 Å². The first-order valence-electron chi connectivity index (χ1n) is 9.42. The van der Waals surface area contributed by atoms with Gasteiger partial charge in [0.05, 0.1) is 12.4 Å². The van der Waals surface area contributed by atoms with Crippen molar-refractivity contribution in [3.8, 4) is 11.1 Å². The lowest BCUT2D eigenvalue weighted by Gasteiger charge is -2.06. The molecular formula is C22H21N7O. The quantitative estimate of drug-likeness (QED) is 0.413. The van der Waals surface area contributed by atoms with Crippen LogP contribution in [0.3, 0.4) is 0 Å². The van der Waals surface area contributed by atoms with Gasteiger partial charge in [-0.15, -0.1) is 0 Å². The molecule has 150 valence electrons. The standard InChI is InChI=1S/C22H21N7O/c1-29-15-18(14-26-29)20-8-10-23-13-17(20)4-7-22(30)27-19-5-2-16(3-6-19)12-24-21-9-11-25-28-21/h2-11,13-15H,12H2,1H3,(H,27,30)(H2,24,25,28)/b7-4+. The van der Waals surface area contributed by atoms with E-state index in [0.29, 0.717) is 6.54 Å². The molecule has 0 saturated heterocycles. The van der Waals surface area contributed by atoms with Gasteiger partial charge < -0.3 is 10.6 Å². The van der Waals surface area contributed by atoms with Crippen LogP contribution >= 0.6 is 0 Å². The number of hydrogen-bond donors (Lipinski definition) is 3. The number of hydrogen-bond acceptors (Lipinski definition) is 5. The first kappa shape index (κ1) is 19.1. The van der Waals surface area contributed by atoms with Crippen LogP contribution in [0, 0.1) is 0 Å². The smallest absolute Gasteiger partial charge is 0.248 e. The van der Waals surface area contributed by atoms with E-state index in [9.17, 15) is 4.79 Å². The fourth-order valence-electron chi connectivity index (χ4n) is 2.97. The lowest BCUT2D eigenvalue weighted by Crippen LogP contribution is -2.08. The molecule has 0 aliphatic rings. The predicted octanol–water partition coefficient (Wildman–Crippen LogP) is 3.47. The molecule has 3 N–H and O–H groups in total. The minimum absolute atomic E-state index is 0.209. The van der Waals surface area contributed by atoms with E-state index >= 15 is 0 Å². The van der Waals surface area contributed by atoms with Gasteiger partial charge >= 0.3 is 0 Å². The van der Waals surface area contributed by atoms with Gasteiger partial charge in [0.15, 0.2) is 0 Å². The maximum Gasteiger partial charge on any atom is 0.248 e. The minimum Gasteiger partial charge on any atom is -0.366 e. The molecule has 1 amide bonds. The van der Waals surface area contributed by atoms with Crippen molar-refractivity contribution in [2.45, 2.75) is 6.54 Å². The Kier molecular flexibility index (Phi) is 5.66. The van der Waals surface area contributed by atoms with Crippen LogP contribution in [0.2, 0.25) is 0 Å². The Bertz CT molecular complexity index is 1140. The summed E-state index contributed by atoms with van der Waals surface area (Å²) in [6.07, 6.45) is 12.1. The molecule has 4 rings (SSSR count). The maximum atomic E-state index is 12.3. The van der Waals surface area contributed by atoms with E-state index < -0.39 is 0 Å². The van der Waals surface area contributed by atoms with E-state index in [-0.39, 0.29) is 5.91 Å². The van der Waals surface area contributed by atoms with Crippen molar-refractivity contribution in [3.63, 3.8) is 0 Å². The number of benzene rings is 1. The number of carbonyl (C=O) groups excluding carboxylic acids is 1. The molecule has 0 radical (unpaired) electrons. The summed E-state index contributed by atoms with van der Waals surface area (Å²) in [7, 11) is 1.87. The van der Waals surface area contributed by atoms with Gasteiger partial charge in [-0.05, 0) is 41.5 Å². The summed E-state index contributed by atoms with van der Waals surface area (Å²) in [5.41, 5.74) is 4.61. The minimum atomic E-state index is -0.209. The van der Waals surface area contributed by atoms with Crippen molar-refractivity contribution in [2.75, 3.05) is 10.6 Å². The monoisotopic (exact) mass is 399 g/mol. The van der Waals surface area contributed by atoms with Crippen molar-refractivity contribution in [1.82, 2.24) is 25.0 Å². The number of amides is 1. The van der Waals surface area contributed by atoms with Crippen LogP contribution in [-0.2, 0) is 18.4 Å². The molecule has 0 atom stereocenters. The van der Waals surface area contributed by atoms with E-state index in [4.69, 9.17) is 0 Å². The van der Waals surface area contributed by atoms with Crippen LogP contribution in [0.25, 0.3) is 17.2 Å². The third-order valence-corrected chi connectivity index (χ3v) is 4.49. The predicted molar refractivity (Wildman–Crippen MR) is 116 cm³/mol. The maximum absolute atomic E-state index is 12.3. The number of carbonyl (C=O) groups is 1. The first-order chi connectivity index (χ1) is 14.7. The number of aromatic amines is 1. The van der Waals surface area contributed by atoms with Crippen molar-refractivity contribution < 1.29 is 4.79 Å². The fourth-order valence-corrected chi connectivity index (χ4v) is 2.97. The number of aryl methyl sites for hydroxylation is 1. The fraction of sp³-hybridized carbons (Fsp3) is 0.0909. The highest BCUT2D eigenvalue weighted by molar-refractivity contribution is 6.02. The Hall–Kier alpha value is -4.20. The number of nitrogens with one attached hydrogen (secondary N) is 3. The van der Waals surface area contributed by atoms with Crippen LogP contribution in [0.1, 0.15) is 11.1 Å². The number of pyridine rings is 1. The zero-order valence-electron chi connectivity index (χ0n) is 16.4. The molecule has 4 aromatic rings. The van der Waals surface area contributed by atoms with E-state index in [1.54, 1.807) is 35.5 Å². The number of nitrogens with zero attached hydrogens (tertiary/aromatic N) is 4. The van der Waals surface area contributed by atoms with Crippen LogP contribution in [0.4, 0.5) is 11.5 Å². The van der Waals surface area contributed by atoms with Gasteiger partial charge in [-0.2, -0.15) is 10.2 Å². The number of rotatable bonds is 7. The molecule has 8 heteroatoms. The van der Waals surface area contributed by atoms with Crippen LogP contribution in [-0.4, -0.2) is 30.9 Å². The van der Waals surface area contributed by atoms with Gasteiger partial charge in [0.2, 0.25) is 5.91 Å². The van der Waals surface area contributed by atoms with E-state index in [2.05, 4.69) is 30.9 Å². The lowest BCUT2D eigenvalue weighted by molar-refractivity contribution is -0.111. The summed E-state index contributed by atoms with van der Waals surface area (Å²) in [6.45, 7) is 0.661. The third-order valence-electron chi connectivity index (χ3n) is 4.49. The second kappa shape index (κ2) is 8.87. The number of anilines is 2. The molecule has 0 bridgehead atoms. The summed E-state index contributed by atoms with van der Waals surface area (Å²) in [6, 6.07) is 11.4. The average molecular weight is 399 g/mol. The Labute approximate surface area is 173 Å². The Morgan fingerprint density at radius 3 is 2.73 bits per heavy atom. The summed E-state index contributed by atoms with van der Waals surface area (Å²) in [5.74, 6) is 0.651. The van der Waals surface area contributed by atoms with E-state index in [0.717, 1.165) is 33.8 Å². The van der Waals surface area contributed by atoms with Crippen molar-refractivity contribution in [3.05, 3.63) is 84.6 Å². The van der Waals surface area contributed by atoms with E-state index in [1.165, 1.54) is 6.08 Å². The molecule has 0 unspecified atom stereocenters. The lowest BCUT2D eigenvalue weighted by atomic mass is 10.0. The topological polar surface area (TPSA) is 101 Å². The normalized spacial score (nSPS) is 11.0. The molecule has 0 aliphatic carbocycles. The second-order valence-electron chi connectivity index (χ2n) is 6.71. The molecule has 0 saturated carbocycles. The molecule has 0 fully saturated rings. The Balaban J connectivity index is 1.37. The summed E-state index contributed by atoms with van der Waals surface area (Å²) in [4.78, 5) is 16.5. The first-order valence-corrected chi connectivity index (χ1v) is 9.42. The molecule has 3 heterocycles. The zero-order chi connectivity index (χ0) is 20.8. The summed E-state index contributed by atoms with van der Waals surface area (Å²) < 4.78 is 1.74. The van der Waals surface area contributed by atoms with Gasteiger partial charge in [-0.3, -0.25) is 19.6 Å². The van der Waals surface area contributed by atoms with Gasteiger partial charge in [0.1, 0.15) is 5.82 Å². The third kappa shape index (κ3) is 4.79. The highest BCUT2D eigenvalue weighted by atomic mass is 16.1. The Morgan fingerprint density at radius 2 is 2.00 bits per heavy atom. The number of H-pyrrole nitrogens is 1. The molecule has 0 spiro atoms. The molecule has 0 aliphatic heterocycles. The highest BCUT2D eigenvalue weighted by Crippen LogP contribution is 2.23. The molecule has 30 heavy (non-hydrogen) atoms. The zero-order valence-corrected chi connectivity index (χ0v) is 16.4. The van der Waals surface area contributed by atoms with Gasteiger partial charge in [0.25, 0.3) is 0 Å². The largest absolute Gasteiger partial charge is 0.366 e. The molecular weight excluding hydrogens is 378 g/mol. The molecule has 3 aromatic heterocycles. The van der Waals surface area contributed by atoms with Crippen molar-refractivity contribution >= 4 is 23.5 Å². The van der Waals surface area contributed by atoms with Crippen LogP contribution in [0.5, 0.6) is 0 Å². The van der Waals surface area contributed by atoms with Crippen LogP contribution in [0.15, 0.2) is 73.5 Å². The average Bonchev–Trinajstić information content (AvgIpc) is 3.44. The van der Waals surface area contributed by atoms with Gasteiger partial charge in [0, 0.05) is 55.1 Å². The summed E-state index contributed by atoms with van der Waals surface area (Å²) >= 11 is 0. The highest BCUT2D eigenvalue weighted by Gasteiger charge is 2.06. The van der Waals surface area contributed by atoms with Crippen molar-refractivity contribution in [2.24, 2.45) is 7.05 Å². The molecule has 8 nitrogen and oxygen atoms in total. The second-order valence-corrected chi connectivity index (χ2v) is 6.71. The SMILES string of the molecule is Cn1cc(-c2ccncc2/C=C/C(=O)Nc2ccc(CNc3ccn[nH]3)cc2)cn1. The van der Waals surface area contributed by atoms with Gasteiger partial charge in [-0.25, -0.2) is 0 Å². The number of aromatic nitrogens is 5. The molecule has 1 aromatic carbocycles. The summed E-state index contributed by atoms with van der Waals surface area (Å²) in [5, 5.41) is 17.1. The van der Waals surface area contributed by atoms with E-state index in [1.807, 2.05) is 49.6 Å².